The maximum Gasteiger partial charge on any atom is 0.223 e. The van der Waals surface area contributed by atoms with Crippen molar-refractivity contribution in [1.29, 1.82) is 0 Å². The van der Waals surface area contributed by atoms with Crippen molar-refractivity contribution in [3.05, 3.63) is 48.0 Å². The molecule has 0 saturated heterocycles. The molecule has 1 N–H and O–H groups in total. The Morgan fingerprint density at radius 2 is 1.94 bits per heavy atom. The van der Waals surface area contributed by atoms with Crippen molar-refractivity contribution in [1.82, 2.24) is 14.5 Å². The fourth-order valence-electron chi connectivity index (χ4n) is 4.92. The van der Waals surface area contributed by atoms with Crippen molar-refractivity contribution in [2.75, 3.05) is 20.3 Å². The largest absolute Gasteiger partial charge is 0.497 e. The van der Waals surface area contributed by atoms with Gasteiger partial charge in [0, 0.05) is 32.3 Å². The first-order chi connectivity index (χ1) is 15.9. The first kappa shape index (κ1) is 25.3. The van der Waals surface area contributed by atoms with Crippen LogP contribution in [0.1, 0.15) is 70.1 Å². The fourth-order valence-corrected chi connectivity index (χ4v) is 4.92. The van der Waals surface area contributed by atoms with Gasteiger partial charge in [-0.05, 0) is 54.7 Å². The molecule has 0 bridgehead atoms. The average Bonchev–Trinajstić information content (AvgIpc) is 3.30. The van der Waals surface area contributed by atoms with Crippen LogP contribution in [0.3, 0.4) is 0 Å². The van der Waals surface area contributed by atoms with Crippen LogP contribution in [0.5, 0.6) is 5.75 Å². The molecule has 1 aliphatic carbocycles. The van der Waals surface area contributed by atoms with Gasteiger partial charge in [-0.2, -0.15) is 0 Å². The standard InChI is InChI=1S/C27H41N3O3/c1-27(2,23-7-5-4-6-8-23)15-16-29-20-24(28-21-29)11-14-26(32)30(17-18-31)19-22-9-12-25(33-3)13-10-22/h9-10,12-13,20-21,23,31H,4-8,11,14-19H2,1-3H3. The number of nitrogens with zero attached hydrogens (tertiary/aromatic N) is 3. The van der Waals surface area contributed by atoms with Crippen LogP contribution >= 0.6 is 0 Å². The van der Waals surface area contributed by atoms with E-state index in [0.717, 1.165) is 35.9 Å². The molecule has 1 aliphatic rings. The van der Waals surface area contributed by atoms with Crippen LogP contribution < -0.4 is 4.74 Å². The van der Waals surface area contributed by atoms with Crippen molar-refractivity contribution in [3.63, 3.8) is 0 Å². The van der Waals surface area contributed by atoms with E-state index in [9.17, 15) is 9.90 Å². The second-order valence-electron chi connectivity index (χ2n) is 10.1. The Labute approximate surface area is 199 Å². The van der Waals surface area contributed by atoms with Crippen molar-refractivity contribution >= 4 is 5.91 Å². The summed E-state index contributed by atoms with van der Waals surface area (Å²) in [5, 5.41) is 9.42. The second kappa shape index (κ2) is 12.2. The van der Waals surface area contributed by atoms with E-state index in [4.69, 9.17) is 4.74 Å². The van der Waals surface area contributed by atoms with Gasteiger partial charge in [0.05, 0.1) is 25.7 Å². The van der Waals surface area contributed by atoms with Gasteiger partial charge in [0.25, 0.3) is 0 Å². The second-order valence-corrected chi connectivity index (χ2v) is 10.1. The molecule has 1 fully saturated rings. The molecule has 1 amide bonds. The summed E-state index contributed by atoms with van der Waals surface area (Å²) in [7, 11) is 1.63. The highest BCUT2D eigenvalue weighted by Gasteiger charge is 2.30. The predicted molar refractivity (Wildman–Crippen MR) is 131 cm³/mol. The number of benzene rings is 1. The smallest absolute Gasteiger partial charge is 0.223 e. The van der Waals surface area contributed by atoms with E-state index in [2.05, 4.69) is 29.6 Å². The lowest BCUT2D eigenvalue weighted by molar-refractivity contribution is -0.132. The highest BCUT2D eigenvalue weighted by Crippen LogP contribution is 2.40. The number of aryl methyl sites for hydroxylation is 2. The Balaban J connectivity index is 1.48. The fraction of sp³-hybridized carbons (Fsp3) is 0.630. The number of aliphatic hydroxyl groups excluding tert-OH is 1. The highest BCUT2D eigenvalue weighted by molar-refractivity contribution is 5.76. The number of aromatic nitrogens is 2. The lowest BCUT2D eigenvalue weighted by Crippen LogP contribution is -2.33. The molecule has 2 aromatic rings. The number of aliphatic hydroxyl groups is 1. The van der Waals surface area contributed by atoms with Crippen LogP contribution in [0.25, 0.3) is 0 Å². The summed E-state index contributed by atoms with van der Waals surface area (Å²) in [6, 6.07) is 7.68. The van der Waals surface area contributed by atoms with Gasteiger partial charge in [0.15, 0.2) is 0 Å². The van der Waals surface area contributed by atoms with Crippen LogP contribution in [0.15, 0.2) is 36.8 Å². The number of ether oxygens (including phenoxy) is 1. The van der Waals surface area contributed by atoms with E-state index in [1.807, 2.05) is 30.6 Å². The van der Waals surface area contributed by atoms with E-state index in [-0.39, 0.29) is 12.5 Å². The summed E-state index contributed by atoms with van der Waals surface area (Å²) in [5.74, 6) is 1.65. The minimum absolute atomic E-state index is 0.0350. The summed E-state index contributed by atoms with van der Waals surface area (Å²) in [4.78, 5) is 19.1. The van der Waals surface area contributed by atoms with Gasteiger partial charge in [-0.25, -0.2) is 4.98 Å². The molecule has 0 radical (unpaired) electrons. The van der Waals surface area contributed by atoms with Crippen molar-refractivity contribution < 1.29 is 14.6 Å². The first-order valence-electron chi connectivity index (χ1n) is 12.4. The average molecular weight is 456 g/mol. The molecule has 3 rings (SSSR count). The van der Waals surface area contributed by atoms with Gasteiger partial charge in [0.1, 0.15) is 5.75 Å². The van der Waals surface area contributed by atoms with Gasteiger partial charge < -0.3 is 19.3 Å². The molecule has 6 heteroatoms. The number of hydrogen-bond acceptors (Lipinski definition) is 4. The number of carbonyl (C=O) groups is 1. The van der Waals surface area contributed by atoms with Gasteiger partial charge in [-0.1, -0.05) is 45.2 Å². The maximum atomic E-state index is 12.8. The summed E-state index contributed by atoms with van der Waals surface area (Å²) in [6.45, 7) is 6.56. The van der Waals surface area contributed by atoms with Gasteiger partial charge in [0.2, 0.25) is 5.91 Å². The topological polar surface area (TPSA) is 67.6 Å². The first-order valence-corrected chi connectivity index (χ1v) is 12.4. The zero-order valence-electron chi connectivity index (χ0n) is 20.6. The lowest BCUT2D eigenvalue weighted by atomic mass is 9.69. The monoisotopic (exact) mass is 455 g/mol. The molecular formula is C27H41N3O3. The normalized spacial score (nSPS) is 14.9. The van der Waals surface area contributed by atoms with Crippen molar-refractivity contribution in [2.45, 2.75) is 78.3 Å². The number of carbonyl (C=O) groups excluding carboxylic acids is 1. The summed E-state index contributed by atoms with van der Waals surface area (Å²) < 4.78 is 7.37. The van der Waals surface area contributed by atoms with Crippen molar-refractivity contribution in [2.24, 2.45) is 11.3 Å². The van der Waals surface area contributed by atoms with Gasteiger partial charge >= 0.3 is 0 Å². The zero-order valence-corrected chi connectivity index (χ0v) is 20.6. The number of rotatable bonds is 12. The molecule has 33 heavy (non-hydrogen) atoms. The van der Waals surface area contributed by atoms with Crippen LogP contribution in [0.2, 0.25) is 0 Å². The van der Waals surface area contributed by atoms with Gasteiger partial charge in [-0.15, -0.1) is 0 Å². The molecule has 1 heterocycles. The third kappa shape index (κ3) is 7.60. The Kier molecular flexibility index (Phi) is 9.36. The summed E-state index contributed by atoms with van der Waals surface area (Å²) in [6.07, 6.45) is 13.0. The summed E-state index contributed by atoms with van der Waals surface area (Å²) in [5.41, 5.74) is 2.32. The predicted octanol–water partition coefficient (Wildman–Crippen LogP) is 4.84. The highest BCUT2D eigenvalue weighted by atomic mass is 16.5. The van der Waals surface area contributed by atoms with Crippen molar-refractivity contribution in [3.8, 4) is 5.75 Å². The molecule has 1 aromatic heterocycles. The quantitative estimate of drug-likeness (QED) is 0.497. The SMILES string of the molecule is COc1ccc(CN(CCO)C(=O)CCc2cn(CCC(C)(C)C3CCCCC3)cn2)cc1. The zero-order chi connectivity index (χ0) is 23.7. The minimum Gasteiger partial charge on any atom is -0.497 e. The lowest BCUT2D eigenvalue weighted by Gasteiger charge is -2.37. The number of hydrogen-bond donors (Lipinski definition) is 1. The molecule has 182 valence electrons. The molecule has 0 aliphatic heterocycles. The third-order valence-corrected chi connectivity index (χ3v) is 7.26. The Hall–Kier alpha value is -2.34. The van der Waals surface area contributed by atoms with E-state index in [1.165, 1.54) is 32.1 Å². The van der Waals surface area contributed by atoms with Crippen LogP contribution in [-0.4, -0.2) is 45.7 Å². The number of methoxy groups -OCH3 is 1. The number of amides is 1. The molecule has 1 saturated carbocycles. The summed E-state index contributed by atoms with van der Waals surface area (Å²) >= 11 is 0. The molecule has 0 spiro atoms. The molecule has 0 atom stereocenters. The molecule has 1 aromatic carbocycles. The van der Waals surface area contributed by atoms with Crippen LogP contribution in [-0.2, 0) is 24.3 Å². The third-order valence-electron chi connectivity index (χ3n) is 7.26. The Morgan fingerprint density at radius 1 is 1.21 bits per heavy atom. The Morgan fingerprint density at radius 3 is 2.61 bits per heavy atom. The van der Waals surface area contributed by atoms with E-state index in [1.54, 1.807) is 12.0 Å². The minimum atomic E-state index is -0.0483. The van der Waals surface area contributed by atoms with Gasteiger partial charge in [-0.3, -0.25) is 4.79 Å². The van der Waals surface area contributed by atoms with Crippen LogP contribution in [0, 0.1) is 11.3 Å². The van der Waals surface area contributed by atoms with E-state index >= 15 is 0 Å². The Bertz CT molecular complexity index is 854. The van der Waals surface area contributed by atoms with E-state index < -0.39 is 0 Å². The number of imidazole rings is 1. The molecule has 6 nitrogen and oxygen atoms in total. The molecular weight excluding hydrogens is 414 g/mol. The van der Waals surface area contributed by atoms with Crippen LogP contribution in [0.4, 0.5) is 0 Å². The molecule has 0 unspecified atom stereocenters. The maximum absolute atomic E-state index is 12.8. The van der Waals surface area contributed by atoms with E-state index in [0.29, 0.717) is 31.3 Å².